The normalized spacial score (nSPS) is 10.5. The van der Waals surface area contributed by atoms with Crippen LogP contribution in [0, 0.1) is 6.92 Å². The van der Waals surface area contributed by atoms with Gasteiger partial charge in [-0.25, -0.2) is 9.97 Å². The second-order valence-electron chi connectivity index (χ2n) is 5.94. The van der Waals surface area contributed by atoms with Crippen molar-refractivity contribution < 1.29 is 9.53 Å². The first kappa shape index (κ1) is 20.0. The summed E-state index contributed by atoms with van der Waals surface area (Å²) in [5, 5.41) is 3.33. The van der Waals surface area contributed by atoms with E-state index in [1.165, 1.54) is 0 Å². The molecule has 0 atom stereocenters. The number of carbonyl (C=O) groups excluding carboxylic acids is 1. The third-order valence-electron chi connectivity index (χ3n) is 3.78. The molecule has 1 heterocycles. The van der Waals surface area contributed by atoms with E-state index < -0.39 is 0 Å². The average Bonchev–Trinajstić information content (AvgIpc) is 2.61. The number of halogens is 1. The van der Waals surface area contributed by atoms with Crippen LogP contribution in [0.2, 0.25) is 5.02 Å². The summed E-state index contributed by atoms with van der Waals surface area (Å²) in [6.45, 7) is 7.79. The Labute approximate surface area is 159 Å². The van der Waals surface area contributed by atoms with Crippen LogP contribution in [0.3, 0.4) is 0 Å². The number of hydrogen-bond acceptors (Lipinski definition) is 5. The lowest BCUT2D eigenvalue weighted by Crippen LogP contribution is -2.27. The van der Waals surface area contributed by atoms with E-state index in [4.69, 9.17) is 16.3 Å². The molecular weight excluding hydrogens is 352 g/mol. The Hall–Kier alpha value is -2.34. The molecule has 1 aromatic carbocycles. The van der Waals surface area contributed by atoms with Crippen molar-refractivity contribution in [3.63, 3.8) is 0 Å². The predicted molar refractivity (Wildman–Crippen MR) is 106 cm³/mol. The lowest BCUT2D eigenvalue weighted by molar-refractivity contribution is 0.102. The number of rotatable bonds is 8. The molecular formula is C19H25ClN4O2. The Morgan fingerprint density at radius 3 is 2.50 bits per heavy atom. The highest BCUT2D eigenvalue weighted by Gasteiger charge is 2.16. The van der Waals surface area contributed by atoms with E-state index in [-0.39, 0.29) is 5.91 Å². The molecule has 7 heteroatoms. The van der Waals surface area contributed by atoms with E-state index in [9.17, 15) is 4.79 Å². The monoisotopic (exact) mass is 376 g/mol. The standard InChI is InChI=1S/C19H25ClN4O2/c1-5-9-24(10-6-2)18-12-16(21-13(3)22-18)19(25)23-15-11-14(20)7-8-17(15)26-4/h7-8,11-12H,5-6,9-10H2,1-4H3,(H,23,25). The van der Waals surface area contributed by atoms with Crippen molar-refractivity contribution in [1.82, 2.24) is 9.97 Å². The molecule has 1 amide bonds. The second-order valence-corrected chi connectivity index (χ2v) is 6.38. The number of hydrogen-bond donors (Lipinski definition) is 1. The van der Waals surface area contributed by atoms with Crippen LogP contribution in [-0.4, -0.2) is 36.1 Å². The molecule has 2 aromatic rings. The van der Waals surface area contributed by atoms with Crippen molar-refractivity contribution in [2.75, 3.05) is 30.4 Å². The van der Waals surface area contributed by atoms with Gasteiger partial charge in [0.25, 0.3) is 5.91 Å². The third kappa shape index (κ3) is 5.08. The van der Waals surface area contributed by atoms with Crippen LogP contribution in [0.15, 0.2) is 24.3 Å². The van der Waals surface area contributed by atoms with Crippen molar-refractivity contribution in [1.29, 1.82) is 0 Å². The van der Waals surface area contributed by atoms with Crippen molar-refractivity contribution in [3.05, 3.63) is 40.8 Å². The van der Waals surface area contributed by atoms with Crippen LogP contribution >= 0.6 is 11.6 Å². The molecule has 0 aliphatic heterocycles. The molecule has 0 fully saturated rings. The molecule has 0 saturated carbocycles. The molecule has 0 spiro atoms. The fraction of sp³-hybridized carbons (Fsp3) is 0.421. The quantitative estimate of drug-likeness (QED) is 0.742. The number of nitrogens with zero attached hydrogens (tertiary/aromatic N) is 3. The first-order valence-corrected chi connectivity index (χ1v) is 9.11. The van der Waals surface area contributed by atoms with Gasteiger partial charge in [-0.3, -0.25) is 4.79 Å². The number of anilines is 2. The maximum Gasteiger partial charge on any atom is 0.274 e. The minimum atomic E-state index is -0.328. The fourth-order valence-corrected chi connectivity index (χ4v) is 2.85. The summed E-state index contributed by atoms with van der Waals surface area (Å²) < 4.78 is 5.27. The minimum absolute atomic E-state index is 0.312. The zero-order valence-electron chi connectivity index (χ0n) is 15.7. The molecule has 140 valence electrons. The lowest BCUT2D eigenvalue weighted by atomic mass is 10.2. The highest BCUT2D eigenvalue weighted by atomic mass is 35.5. The van der Waals surface area contributed by atoms with Gasteiger partial charge >= 0.3 is 0 Å². The van der Waals surface area contributed by atoms with Crippen molar-refractivity contribution in [2.45, 2.75) is 33.6 Å². The van der Waals surface area contributed by atoms with Gasteiger partial charge in [-0.2, -0.15) is 0 Å². The van der Waals surface area contributed by atoms with E-state index in [2.05, 4.69) is 34.0 Å². The molecule has 1 aromatic heterocycles. The number of aromatic nitrogens is 2. The van der Waals surface area contributed by atoms with Crippen LogP contribution in [0.5, 0.6) is 5.75 Å². The van der Waals surface area contributed by atoms with Crippen LogP contribution in [-0.2, 0) is 0 Å². The summed E-state index contributed by atoms with van der Waals surface area (Å²) in [7, 11) is 1.54. The number of ether oxygens (including phenoxy) is 1. The van der Waals surface area contributed by atoms with Crippen LogP contribution in [0.1, 0.15) is 43.0 Å². The van der Waals surface area contributed by atoms with E-state index in [0.29, 0.717) is 28.0 Å². The lowest BCUT2D eigenvalue weighted by Gasteiger charge is -2.23. The average molecular weight is 377 g/mol. The number of carbonyl (C=O) groups is 1. The molecule has 1 N–H and O–H groups in total. The van der Waals surface area contributed by atoms with Gasteiger partial charge in [0.05, 0.1) is 12.8 Å². The van der Waals surface area contributed by atoms with Gasteiger partial charge in [0, 0.05) is 24.2 Å². The zero-order valence-corrected chi connectivity index (χ0v) is 16.4. The second kappa shape index (κ2) is 9.38. The zero-order chi connectivity index (χ0) is 19.1. The van der Waals surface area contributed by atoms with E-state index in [1.54, 1.807) is 38.3 Å². The first-order chi connectivity index (χ1) is 12.5. The maximum absolute atomic E-state index is 12.7. The number of nitrogens with one attached hydrogen (secondary N) is 1. The van der Waals surface area contributed by atoms with Gasteiger partial charge in [-0.05, 0) is 38.0 Å². The molecule has 0 saturated heterocycles. The Morgan fingerprint density at radius 2 is 1.88 bits per heavy atom. The number of aryl methyl sites for hydroxylation is 1. The van der Waals surface area contributed by atoms with E-state index >= 15 is 0 Å². The Balaban J connectivity index is 2.30. The summed E-state index contributed by atoms with van der Waals surface area (Å²) in [5.74, 6) is 1.53. The molecule has 0 unspecified atom stereocenters. The Bertz CT molecular complexity index is 761. The van der Waals surface area contributed by atoms with Crippen LogP contribution in [0.25, 0.3) is 0 Å². The summed E-state index contributed by atoms with van der Waals surface area (Å²) in [5.41, 5.74) is 0.813. The third-order valence-corrected chi connectivity index (χ3v) is 4.01. The summed E-state index contributed by atoms with van der Waals surface area (Å²) in [6.07, 6.45) is 2.01. The highest BCUT2D eigenvalue weighted by Crippen LogP contribution is 2.28. The number of amides is 1. The van der Waals surface area contributed by atoms with Crippen molar-refractivity contribution in [3.8, 4) is 5.75 Å². The summed E-state index contributed by atoms with van der Waals surface area (Å²) in [6, 6.07) is 6.79. The summed E-state index contributed by atoms with van der Waals surface area (Å²) >= 11 is 6.03. The fourth-order valence-electron chi connectivity index (χ4n) is 2.68. The van der Waals surface area contributed by atoms with Gasteiger partial charge in [0.2, 0.25) is 0 Å². The summed E-state index contributed by atoms with van der Waals surface area (Å²) in [4.78, 5) is 23.7. The number of methoxy groups -OCH3 is 1. The SMILES string of the molecule is CCCN(CCC)c1cc(C(=O)Nc2cc(Cl)ccc2OC)nc(C)n1. The molecule has 6 nitrogen and oxygen atoms in total. The number of benzene rings is 1. The minimum Gasteiger partial charge on any atom is -0.495 e. The van der Waals surface area contributed by atoms with Crippen LogP contribution in [0.4, 0.5) is 11.5 Å². The maximum atomic E-state index is 12.7. The van der Waals surface area contributed by atoms with Crippen molar-refractivity contribution >= 4 is 29.0 Å². The van der Waals surface area contributed by atoms with Gasteiger partial charge in [-0.15, -0.1) is 0 Å². The van der Waals surface area contributed by atoms with Gasteiger partial charge in [0.15, 0.2) is 0 Å². The topological polar surface area (TPSA) is 67.4 Å². The molecule has 0 aliphatic rings. The Kier molecular flexibility index (Phi) is 7.21. The van der Waals surface area contributed by atoms with Gasteiger partial charge in [0.1, 0.15) is 23.1 Å². The largest absolute Gasteiger partial charge is 0.495 e. The smallest absolute Gasteiger partial charge is 0.274 e. The van der Waals surface area contributed by atoms with Crippen LogP contribution < -0.4 is 15.0 Å². The highest BCUT2D eigenvalue weighted by molar-refractivity contribution is 6.31. The molecule has 2 rings (SSSR count). The first-order valence-electron chi connectivity index (χ1n) is 8.74. The molecule has 26 heavy (non-hydrogen) atoms. The van der Waals surface area contributed by atoms with Gasteiger partial charge < -0.3 is 15.0 Å². The Morgan fingerprint density at radius 1 is 1.19 bits per heavy atom. The predicted octanol–water partition coefficient (Wildman–Crippen LogP) is 4.33. The van der Waals surface area contributed by atoms with E-state index in [1.807, 2.05) is 0 Å². The molecule has 0 aliphatic carbocycles. The van der Waals surface area contributed by atoms with E-state index in [0.717, 1.165) is 31.7 Å². The van der Waals surface area contributed by atoms with Gasteiger partial charge in [-0.1, -0.05) is 25.4 Å². The molecule has 0 radical (unpaired) electrons. The molecule has 0 bridgehead atoms. The van der Waals surface area contributed by atoms with Crippen molar-refractivity contribution in [2.24, 2.45) is 0 Å².